The molecule has 1 aliphatic carbocycles. The van der Waals surface area contributed by atoms with E-state index in [2.05, 4.69) is 194 Å². The lowest BCUT2D eigenvalue weighted by atomic mass is 9.67. The van der Waals surface area contributed by atoms with E-state index in [0.29, 0.717) is 17.5 Å². The van der Waals surface area contributed by atoms with Crippen LogP contribution in [0.2, 0.25) is 0 Å². The highest BCUT2D eigenvalue weighted by atomic mass is 32.2. The molecule has 0 atom stereocenters. The van der Waals surface area contributed by atoms with Gasteiger partial charge in [-0.2, -0.15) is 0 Å². The summed E-state index contributed by atoms with van der Waals surface area (Å²) in [5.41, 5.74) is 15.2. The minimum Gasteiger partial charge on any atom is -0.247 e. The van der Waals surface area contributed by atoms with Crippen LogP contribution in [0, 0.1) is 0 Å². The van der Waals surface area contributed by atoms with Crippen molar-refractivity contribution in [1.29, 1.82) is 0 Å². The van der Waals surface area contributed by atoms with Gasteiger partial charge in [-0.25, -0.2) is 19.9 Å². The van der Waals surface area contributed by atoms with E-state index in [4.69, 9.17) is 19.9 Å². The lowest BCUT2D eigenvalue weighted by Gasteiger charge is -2.40. The van der Waals surface area contributed by atoms with E-state index in [1.54, 1.807) is 0 Å². The van der Waals surface area contributed by atoms with Crippen LogP contribution >= 0.6 is 11.8 Å². The van der Waals surface area contributed by atoms with Crippen LogP contribution in [0.1, 0.15) is 22.3 Å². The van der Waals surface area contributed by atoms with Crippen LogP contribution in [0.15, 0.2) is 228 Å². The van der Waals surface area contributed by atoms with E-state index in [0.717, 1.165) is 60.8 Å². The normalized spacial score (nSPS) is 13.1. The molecular weight excluding hydrogens is 797 g/mol. The standard InChI is InChI=1S/C59H36N4S/c1-4-17-37(18-5-1)40-23-16-24-41(33-40)57-61-56(39-21-8-3-9-22-39)62-58(63-57)42-31-32-45-46-35-51-54(36-47(46)55(60-52(45)34-42)38-19-6-2-7-20-38)64-53-30-15-14-29-50(53)59(51)48-27-12-10-25-43(48)44-26-11-13-28-49(44)59/h1-36H. The van der Waals surface area contributed by atoms with Crippen molar-refractivity contribution in [3.8, 4) is 67.7 Å². The second kappa shape index (κ2) is 14.6. The summed E-state index contributed by atoms with van der Waals surface area (Å²) in [6.45, 7) is 0. The highest BCUT2D eigenvalue weighted by Crippen LogP contribution is 2.62. The molecule has 0 saturated heterocycles. The van der Waals surface area contributed by atoms with E-state index < -0.39 is 5.41 Å². The van der Waals surface area contributed by atoms with E-state index in [9.17, 15) is 0 Å². The fourth-order valence-electron chi connectivity index (χ4n) is 10.1. The average Bonchev–Trinajstić information content (AvgIpc) is 3.66. The molecule has 11 aromatic rings. The maximum Gasteiger partial charge on any atom is 0.164 e. The molecule has 0 radical (unpaired) electrons. The van der Waals surface area contributed by atoms with Crippen LogP contribution in [-0.4, -0.2) is 19.9 Å². The number of nitrogens with zero attached hydrogens (tertiary/aromatic N) is 4. The molecule has 2 aromatic heterocycles. The SMILES string of the molecule is c1ccc(-c2cccc(-c3nc(-c4ccccc4)nc(-c4ccc5c(c4)nc(-c4ccccc4)c4cc6c(cc45)C4(c5ccccc5S6)c5ccccc5-c5ccccc54)n3)c2)cc1. The molecule has 64 heavy (non-hydrogen) atoms. The van der Waals surface area contributed by atoms with Gasteiger partial charge in [-0.05, 0) is 80.2 Å². The molecule has 13 rings (SSSR count). The number of hydrogen-bond donors (Lipinski definition) is 0. The number of pyridine rings is 1. The van der Waals surface area contributed by atoms with Crippen LogP contribution in [0.25, 0.3) is 89.4 Å². The molecule has 4 nitrogen and oxygen atoms in total. The predicted octanol–water partition coefficient (Wildman–Crippen LogP) is 14.7. The first-order valence-corrected chi connectivity index (χ1v) is 22.4. The summed E-state index contributed by atoms with van der Waals surface area (Å²) < 4.78 is 0. The Kier molecular flexibility index (Phi) is 8.33. The molecule has 0 saturated carbocycles. The molecule has 0 unspecified atom stereocenters. The van der Waals surface area contributed by atoms with Gasteiger partial charge < -0.3 is 0 Å². The number of fused-ring (bicyclic) bond motifs is 12. The van der Waals surface area contributed by atoms with Gasteiger partial charge in [-0.3, -0.25) is 0 Å². The van der Waals surface area contributed by atoms with E-state index in [1.165, 1.54) is 43.2 Å². The molecule has 3 heterocycles. The topological polar surface area (TPSA) is 51.6 Å². The Balaban J connectivity index is 1.06. The van der Waals surface area contributed by atoms with Gasteiger partial charge in [0.1, 0.15) is 0 Å². The third-order valence-electron chi connectivity index (χ3n) is 13.0. The van der Waals surface area contributed by atoms with Gasteiger partial charge >= 0.3 is 0 Å². The van der Waals surface area contributed by atoms with Gasteiger partial charge in [0.15, 0.2) is 17.5 Å². The maximum atomic E-state index is 5.54. The fourth-order valence-corrected chi connectivity index (χ4v) is 11.3. The summed E-state index contributed by atoms with van der Waals surface area (Å²) in [6.07, 6.45) is 0. The molecule has 298 valence electrons. The summed E-state index contributed by atoms with van der Waals surface area (Å²) in [4.78, 5) is 23.5. The molecule has 0 bridgehead atoms. The van der Waals surface area contributed by atoms with Crippen LogP contribution in [0.5, 0.6) is 0 Å². The third kappa shape index (κ3) is 5.64. The summed E-state index contributed by atoms with van der Waals surface area (Å²) in [5, 5.41) is 3.36. The number of benzene rings is 9. The number of hydrogen-bond acceptors (Lipinski definition) is 5. The van der Waals surface area contributed by atoms with Crippen molar-refractivity contribution >= 4 is 33.4 Å². The Labute approximate surface area is 375 Å². The molecule has 1 aliphatic heterocycles. The zero-order chi connectivity index (χ0) is 42.2. The Bertz CT molecular complexity index is 3600. The van der Waals surface area contributed by atoms with Crippen LogP contribution in [-0.2, 0) is 5.41 Å². The first kappa shape index (κ1) is 36.6. The largest absolute Gasteiger partial charge is 0.247 e. The zero-order valence-corrected chi connectivity index (χ0v) is 35.3. The van der Waals surface area contributed by atoms with Crippen molar-refractivity contribution in [2.75, 3.05) is 0 Å². The van der Waals surface area contributed by atoms with Crippen molar-refractivity contribution in [1.82, 2.24) is 19.9 Å². The summed E-state index contributed by atoms with van der Waals surface area (Å²) >= 11 is 1.86. The summed E-state index contributed by atoms with van der Waals surface area (Å²) in [6, 6.07) is 78.0. The monoisotopic (exact) mass is 832 g/mol. The lowest BCUT2D eigenvalue weighted by Crippen LogP contribution is -2.32. The van der Waals surface area contributed by atoms with Crippen molar-refractivity contribution < 1.29 is 0 Å². The van der Waals surface area contributed by atoms with Crippen molar-refractivity contribution in [2.45, 2.75) is 15.2 Å². The molecule has 9 aromatic carbocycles. The Morgan fingerprint density at radius 3 is 1.52 bits per heavy atom. The first-order chi connectivity index (χ1) is 31.7. The number of rotatable bonds is 5. The van der Waals surface area contributed by atoms with E-state index >= 15 is 0 Å². The molecule has 0 N–H and O–H groups in total. The lowest BCUT2D eigenvalue weighted by molar-refractivity contribution is 0.724. The van der Waals surface area contributed by atoms with Gasteiger partial charge in [-0.1, -0.05) is 200 Å². The minimum atomic E-state index is -0.492. The van der Waals surface area contributed by atoms with E-state index in [1.807, 2.05) is 36.0 Å². The Morgan fingerprint density at radius 1 is 0.297 bits per heavy atom. The minimum absolute atomic E-state index is 0.492. The zero-order valence-electron chi connectivity index (χ0n) is 34.5. The molecule has 0 amide bonds. The molecule has 5 heteroatoms. The average molecular weight is 833 g/mol. The Hall–Kier alpha value is -7.99. The van der Waals surface area contributed by atoms with Crippen LogP contribution in [0.4, 0.5) is 0 Å². The van der Waals surface area contributed by atoms with Gasteiger partial charge in [0.05, 0.1) is 16.6 Å². The van der Waals surface area contributed by atoms with Gasteiger partial charge in [0.25, 0.3) is 0 Å². The van der Waals surface area contributed by atoms with Crippen molar-refractivity contribution in [3.63, 3.8) is 0 Å². The molecule has 2 aliphatic rings. The predicted molar refractivity (Wildman–Crippen MR) is 261 cm³/mol. The highest BCUT2D eigenvalue weighted by molar-refractivity contribution is 7.99. The maximum absolute atomic E-state index is 5.54. The highest BCUT2D eigenvalue weighted by Gasteiger charge is 2.50. The van der Waals surface area contributed by atoms with E-state index in [-0.39, 0.29) is 0 Å². The van der Waals surface area contributed by atoms with Gasteiger partial charge in [0.2, 0.25) is 0 Å². The van der Waals surface area contributed by atoms with Crippen molar-refractivity contribution in [3.05, 3.63) is 241 Å². The smallest absolute Gasteiger partial charge is 0.164 e. The third-order valence-corrected chi connectivity index (χ3v) is 14.1. The van der Waals surface area contributed by atoms with Gasteiger partial charge in [0, 0.05) is 42.8 Å². The molecule has 1 spiro atoms. The number of aromatic nitrogens is 4. The van der Waals surface area contributed by atoms with Gasteiger partial charge in [-0.15, -0.1) is 0 Å². The second-order valence-corrected chi connectivity index (χ2v) is 17.6. The Morgan fingerprint density at radius 2 is 0.828 bits per heavy atom. The summed E-state index contributed by atoms with van der Waals surface area (Å²) in [7, 11) is 0. The van der Waals surface area contributed by atoms with Crippen LogP contribution < -0.4 is 0 Å². The fraction of sp³-hybridized carbons (Fsp3) is 0.0169. The quantitative estimate of drug-likeness (QED) is 0.162. The first-order valence-electron chi connectivity index (χ1n) is 21.6. The second-order valence-electron chi connectivity index (χ2n) is 16.5. The molecule has 0 fully saturated rings. The molecular formula is C59H36N4S. The van der Waals surface area contributed by atoms with Crippen molar-refractivity contribution in [2.24, 2.45) is 0 Å². The summed E-state index contributed by atoms with van der Waals surface area (Å²) in [5.74, 6) is 1.83. The van der Waals surface area contributed by atoms with Crippen LogP contribution in [0.3, 0.4) is 0 Å².